The molecule has 0 aliphatic rings. The van der Waals surface area contributed by atoms with Gasteiger partial charge in [-0.1, -0.05) is 12.1 Å². The van der Waals surface area contributed by atoms with Crippen molar-refractivity contribution in [3.8, 4) is 0 Å². The SMILES string of the molecule is NC(=O)CNC(=O)Cc1cccc(N)c1. The first-order valence-electron chi connectivity index (χ1n) is 4.47. The first-order chi connectivity index (χ1) is 7.08. The third-order valence-corrected chi connectivity index (χ3v) is 1.78. The first kappa shape index (κ1) is 11.0. The zero-order valence-corrected chi connectivity index (χ0v) is 8.19. The second-order valence-electron chi connectivity index (χ2n) is 3.16. The molecule has 0 aliphatic heterocycles. The summed E-state index contributed by atoms with van der Waals surface area (Å²) in [6.45, 7) is -0.138. The predicted molar refractivity (Wildman–Crippen MR) is 56.8 cm³/mol. The van der Waals surface area contributed by atoms with E-state index in [-0.39, 0.29) is 18.9 Å². The number of primary amides is 1. The number of hydrogen-bond donors (Lipinski definition) is 3. The molecule has 0 heterocycles. The van der Waals surface area contributed by atoms with Crippen LogP contribution in [0.2, 0.25) is 0 Å². The van der Waals surface area contributed by atoms with Crippen molar-refractivity contribution >= 4 is 17.5 Å². The van der Waals surface area contributed by atoms with Crippen molar-refractivity contribution in [3.63, 3.8) is 0 Å². The molecule has 5 N–H and O–H groups in total. The largest absolute Gasteiger partial charge is 0.399 e. The van der Waals surface area contributed by atoms with Crippen molar-refractivity contribution in [2.24, 2.45) is 5.73 Å². The molecule has 1 aromatic rings. The number of nitrogens with one attached hydrogen (secondary N) is 1. The fraction of sp³-hybridized carbons (Fsp3) is 0.200. The van der Waals surface area contributed by atoms with E-state index in [4.69, 9.17) is 11.5 Å². The maximum atomic E-state index is 11.3. The summed E-state index contributed by atoms with van der Waals surface area (Å²) in [7, 11) is 0. The Morgan fingerprint density at radius 3 is 2.67 bits per heavy atom. The summed E-state index contributed by atoms with van der Waals surface area (Å²) in [6.07, 6.45) is 0.193. The topological polar surface area (TPSA) is 98.2 Å². The van der Waals surface area contributed by atoms with Gasteiger partial charge in [0.2, 0.25) is 11.8 Å². The Morgan fingerprint density at radius 1 is 1.33 bits per heavy atom. The molecule has 0 saturated heterocycles. The van der Waals surface area contributed by atoms with Crippen LogP contribution < -0.4 is 16.8 Å². The summed E-state index contributed by atoms with van der Waals surface area (Å²) in [5, 5.41) is 2.40. The van der Waals surface area contributed by atoms with Crippen LogP contribution in [0.3, 0.4) is 0 Å². The van der Waals surface area contributed by atoms with Crippen molar-refractivity contribution in [2.45, 2.75) is 6.42 Å². The molecule has 0 unspecified atom stereocenters. The zero-order valence-electron chi connectivity index (χ0n) is 8.19. The van der Waals surface area contributed by atoms with Gasteiger partial charge in [-0.15, -0.1) is 0 Å². The highest BCUT2D eigenvalue weighted by Gasteiger charge is 2.04. The second kappa shape index (κ2) is 4.99. The molecule has 0 bridgehead atoms. The van der Waals surface area contributed by atoms with E-state index in [1.54, 1.807) is 24.3 Å². The molecule has 0 aromatic heterocycles. The van der Waals surface area contributed by atoms with Gasteiger partial charge in [-0.2, -0.15) is 0 Å². The van der Waals surface area contributed by atoms with Crippen LogP contribution in [0.15, 0.2) is 24.3 Å². The minimum absolute atomic E-state index is 0.138. The summed E-state index contributed by atoms with van der Waals surface area (Å²) >= 11 is 0. The minimum atomic E-state index is -0.559. The number of nitrogens with two attached hydrogens (primary N) is 2. The van der Waals surface area contributed by atoms with Crippen LogP contribution in [0.4, 0.5) is 5.69 Å². The molecule has 1 aromatic carbocycles. The summed E-state index contributed by atoms with van der Waals surface area (Å²) in [5.74, 6) is -0.810. The van der Waals surface area contributed by atoms with E-state index >= 15 is 0 Å². The van der Waals surface area contributed by atoms with Crippen LogP contribution in [0.25, 0.3) is 0 Å². The molecule has 5 heteroatoms. The van der Waals surface area contributed by atoms with E-state index in [1.165, 1.54) is 0 Å². The summed E-state index contributed by atoms with van der Waals surface area (Å²) in [5.41, 5.74) is 11.8. The van der Waals surface area contributed by atoms with Gasteiger partial charge in [-0.3, -0.25) is 9.59 Å². The van der Waals surface area contributed by atoms with Crippen molar-refractivity contribution in [1.29, 1.82) is 0 Å². The van der Waals surface area contributed by atoms with E-state index in [2.05, 4.69) is 5.32 Å². The van der Waals surface area contributed by atoms with E-state index in [1.807, 2.05) is 0 Å². The van der Waals surface area contributed by atoms with Crippen LogP contribution in [-0.4, -0.2) is 18.4 Å². The van der Waals surface area contributed by atoms with E-state index in [9.17, 15) is 9.59 Å². The molecule has 15 heavy (non-hydrogen) atoms. The Balaban J connectivity index is 2.48. The predicted octanol–water partition coefficient (Wildman–Crippen LogP) is -0.587. The lowest BCUT2D eigenvalue weighted by atomic mass is 10.1. The molecule has 0 aliphatic carbocycles. The fourth-order valence-electron chi connectivity index (χ4n) is 1.14. The number of nitrogen functional groups attached to an aromatic ring is 1. The molecular weight excluding hydrogens is 194 g/mol. The third kappa shape index (κ3) is 4.12. The van der Waals surface area contributed by atoms with Gasteiger partial charge in [0.05, 0.1) is 13.0 Å². The van der Waals surface area contributed by atoms with Crippen LogP contribution in [-0.2, 0) is 16.0 Å². The van der Waals surface area contributed by atoms with Gasteiger partial charge in [0.15, 0.2) is 0 Å². The van der Waals surface area contributed by atoms with Gasteiger partial charge in [-0.25, -0.2) is 0 Å². The maximum absolute atomic E-state index is 11.3. The van der Waals surface area contributed by atoms with Gasteiger partial charge in [0.1, 0.15) is 0 Å². The van der Waals surface area contributed by atoms with E-state index in [0.29, 0.717) is 5.69 Å². The number of carbonyl (C=O) groups excluding carboxylic acids is 2. The molecular formula is C10H13N3O2. The van der Waals surface area contributed by atoms with Crippen molar-refractivity contribution in [1.82, 2.24) is 5.32 Å². The lowest BCUT2D eigenvalue weighted by Gasteiger charge is -2.03. The highest BCUT2D eigenvalue weighted by molar-refractivity contribution is 5.84. The number of benzene rings is 1. The molecule has 0 atom stereocenters. The Labute approximate surface area is 87.4 Å². The lowest BCUT2D eigenvalue weighted by molar-refractivity contribution is -0.124. The van der Waals surface area contributed by atoms with Crippen molar-refractivity contribution in [3.05, 3.63) is 29.8 Å². The Bertz CT molecular complexity index is 377. The highest BCUT2D eigenvalue weighted by atomic mass is 16.2. The van der Waals surface area contributed by atoms with Crippen LogP contribution in [0.5, 0.6) is 0 Å². The van der Waals surface area contributed by atoms with Crippen molar-refractivity contribution in [2.75, 3.05) is 12.3 Å². The van der Waals surface area contributed by atoms with Crippen LogP contribution in [0.1, 0.15) is 5.56 Å². The van der Waals surface area contributed by atoms with Gasteiger partial charge < -0.3 is 16.8 Å². The molecule has 0 radical (unpaired) electrons. The number of amides is 2. The molecule has 0 fully saturated rings. The van der Waals surface area contributed by atoms with Gasteiger partial charge >= 0.3 is 0 Å². The maximum Gasteiger partial charge on any atom is 0.236 e. The summed E-state index contributed by atoms with van der Waals surface area (Å²) < 4.78 is 0. The molecule has 0 spiro atoms. The zero-order chi connectivity index (χ0) is 11.3. The molecule has 0 saturated carbocycles. The molecule has 5 nitrogen and oxygen atoms in total. The average Bonchev–Trinajstić information content (AvgIpc) is 2.15. The summed E-state index contributed by atoms with van der Waals surface area (Å²) in [6, 6.07) is 7.01. The smallest absolute Gasteiger partial charge is 0.236 e. The highest BCUT2D eigenvalue weighted by Crippen LogP contribution is 2.06. The number of rotatable bonds is 4. The van der Waals surface area contributed by atoms with Gasteiger partial charge in [-0.05, 0) is 17.7 Å². The number of anilines is 1. The Hall–Kier alpha value is -2.04. The standard InChI is InChI=1S/C10H13N3O2/c11-8-3-1-2-7(4-8)5-10(15)13-6-9(12)14/h1-4H,5-6,11H2,(H2,12,14)(H,13,15). The van der Waals surface area contributed by atoms with Crippen LogP contribution in [0, 0.1) is 0 Å². The third-order valence-electron chi connectivity index (χ3n) is 1.78. The van der Waals surface area contributed by atoms with E-state index < -0.39 is 5.91 Å². The Kier molecular flexibility index (Phi) is 3.68. The monoisotopic (exact) mass is 207 g/mol. The van der Waals surface area contributed by atoms with Gasteiger partial charge in [0, 0.05) is 5.69 Å². The summed E-state index contributed by atoms with van der Waals surface area (Å²) in [4.78, 5) is 21.7. The average molecular weight is 207 g/mol. The first-order valence-corrected chi connectivity index (χ1v) is 4.47. The Morgan fingerprint density at radius 2 is 2.07 bits per heavy atom. The quantitative estimate of drug-likeness (QED) is 0.575. The van der Waals surface area contributed by atoms with Crippen molar-refractivity contribution < 1.29 is 9.59 Å². The minimum Gasteiger partial charge on any atom is -0.399 e. The molecule has 80 valence electrons. The number of hydrogen-bond acceptors (Lipinski definition) is 3. The molecule has 1 rings (SSSR count). The van der Waals surface area contributed by atoms with Crippen LogP contribution >= 0.6 is 0 Å². The second-order valence-corrected chi connectivity index (χ2v) is 3.16. The van der Waals surface area contributed by atoms with Gasteiger partial charge in [0.25, 0.3) is 0 Å². The molecule has 2 amide bonds. The van der Waals surface area contributed by atoms with E-state index in [0.717, 1.165) is 5.56 Å². The normalized spacial score (nSPS) is 9.60. The lowest BCUT2D eigenvalue weighted by Crippen LogP contribution is -2.34. The number of carbonyl (C=O) groups is 2. The fourth-order valence-corrected chi connectivity index (χ4v) is 1.14.